The first kappa shape index (κ1) is 15.0. The van der Waals surface area contributed by atoms with E-state index < -0.39 is 0 Å². The van der Waals surface area contributed by atoms with E-state index in [1.165, 1.54) is 16.7 Å². The summed E-state index contributed by atoms with van der Waals surface area (Å²) in [6, 6.07) is 4.64. The first-order valence-electron chi connectivity index (χ1n) is 6.46. The molecule has 18 heavy (non-hydrogen) atoms. The minimum atomic E-state index is 0.314. The largest absolute Gasteiger partial charge is 0.496 e. The van der Waals surface area contributed by atoms with Crippen molar-refractivity contribution in [1.82, 2.24) is 5.32 Å². The van der Waals surface area contributed by atoms with E-state index in [1.807, 2.05) is 7.05 Å². The van der Waals surface area contributed by atoms with Gasteiger partial charge in [0, 0.05) is 25.3 Å². The number of hydrogen-bond acceptors (Lipinski definition) is 3. The van der Waals surface area contributed by atoms with Crippen LogP contribution in [0.25, 0.3) is 0 Å². The molecule has 0 aliphatic rings. The molecule has 0 spiro atoms. The molecule has 0 saturated carbocycles. The highest BCUT2D eigenvalue weighted by Crippen LogP contribution is 2.32. The maximum Gasteiger partial charge on any atom is 0.126 e. The van der Waals surface area contributed by atoms with Crippen molar-refractivity contribution in [3.8, 4) is 5.75 Å². The lowest BCUT2D eigenvalue weighted by Crippen LogP contribution is -2.18. The van der Waals surface area contributed by atoms with Crippen LogP contribution in [-0.2, 0) is 4.74 Å². The minimum absolute atomic E-state index is 0.314. The highest BCUT2D eigenvalue weighted by molar-refractivity contribution is 5.46. The molecule has 0 aliphatic carbocycles. The van der Waals surface area contributed by atoms with Crippen LogP contribution in [0, 0.1) is 13.8 Å². The molecular formula is C15H25NO2. The average molecular weight is 251 g/mol. The van der Waals surface area contributed by atoms with Crippen LogP contribution in [0.3, 0.4) is 0 Å². The smallest absolute Gasteiger partial charge is 0.126 e. The molecule has 0 bridgehead atoms. The predicted molar refractivity (Wildman–Crippen MR) is 75.4 cm³/mol. The summed E-state index contributed by atoms with van der Waals surface area (Å²) in [5, 5.41) is 3.36. The lowest BCUT2D eigenvalue weighted by Gasteiger charge is -2.21. The van der Waals surface area contributed by atoms with Crippen LogP contribution in [-0.4, -0.2) is 27.9 Å². The van der Waals surface area contributed by atoms with E-state index in [4.69, 9.17) is 9.47 Å². The summed E-state index contributed by atoms with van der Waals surface area (Å²) >= 11 is 0. The molecule has 0 radical (unpaired) electrons. The molecule has 1 rings (SSSR count). The van der Waals surface area contributed by atoms with Crippen LogP contribution in [0.1, 0.15) is 35.6 Å². The molecule has 1 N–H and O–H groups in total. The predicted octanol–water partition coefficient (Wildman–Crippen LogP) is 3.00. The van der Waals surface area contributed by atoms with Gasteiger partial charge in [0.2, 0.25) is 0 Å². The Labute approximate surface area is 110 Å². The fourth-order valence-electron chi connectivity index (χ4n) is 2.24. The van der Waals surface area contributed by atoms with Crippen LogP contribution < -0.4 is 10.1 Å². The zero-order chi connectivity index (χ0) is 13.5. The van der Waals surface area contributed by atoms with E-state index >= 15 is 0 Å². The fourth-order valence-corrected chi connectivity index (χ4v) is 2.24. The molecule has 0 aromatic heterocycles. The highest BCUT2D eigenvalue weighted by Gasteiger charge is 2.16. The number of nitrogens with one attached hydrogen (secondary N) is 1. The third-order valence-electron chi connectivity index (χ3n) is 3.48. The van der Waals surface area contributed by atoms with Crippen molar-refractivity contribution >= 4 is 0 Å². The van der Waals surface area contributed by atoms with Gasteiger partial charge in [0.25, 0.3) is 0 Å². The molecule has 102 valence electrons. The lowest BCUT2D eigenvalue weighted by atomic mass is 9.96. The van der Waals surface area contributed by atoms with Crippen molar-refractivity contribution in [1.29, 1.82) is 0 Å². The van der Waals surface area contributed by atoms with Crippen LogP contribution in [0.2, 0.25) is 0 Å². The van der Waals surface area contributed by atoms with Gasteiger partial charge in [-0.2, -0.15) is 0 Å². The Morgan fingerprint density at radius 1 is 1.22 bits per heavy atom. The van der Waals surface area contributed by atoms with Crippen molar-refractivity contribution in [3.63, 3.8) is 0 Å². The number of hydrogen-bond donors (Lipinski definition) is 1. The Bertz CT molecular complexity index is 377. The van der Waals surface area contributed by atoms with E-state index in [0.29, 0.717) is 6.04 Å². The standard InChI is InChI=1S/C15H25NO2/c1-11-8-9-13(15(18-5)12(11)2)14(16-3)7-6-10-17-4/h8-9,14,16H,6-7,10H2,1-5H3. The Hall–Kier alpha value is -1.06. The van der Waals surface area contributed by atoms with Crippen molar-refractivity contribution in [3.05, 3.63) is 28.8 Å². The third-order valence-corrected chi connectivity index (χ3v) is 3.48. The van der Waals surface area contributed by atoms with Gasteiger partial charge in [0.05, 0.1) is 7.11 Å². The molecule has 1 aromatic carbocycles. The zero-order valence-corrected chi connectivity index (χ0v) is 12.2. The fraction of sp³-hybridized carbons (Fsp3) is 0.600. The van der Waals surface area contributed by atoms with E-state index in [9.17, 15) is 0 Å². The topological polar surface area (TPSA) is 30.5 Å². The number of ether oxygens (including phenoxy) is 2. The summed E-state index contributed by atoms with van der Waals surface area (Å²) < 4.78 is 10.7. The maximum absolute atomic E-state index is 5.57. The molecule has 0 aliphatic heterocycles. The second kappa shape index (κ2) is 7.39. The van der Waals surface area contributed by atoms with Crippen molar-refractivity contribution in [2.24, 2.45) is 0 Å². The Morgan fingerprint density at radius 2 is 1.94 bits per heavy atom. The van der Waals surface area contributed by atoms with Gasteiger partial charge in [-0.1, -0.05) is 12.1 Å². The number of benzene rings is 1. The Balaban J connectivity index is 2.94. The second-order valence-corrected chi connectivity index (χ2v) is 4.61. The summed E-state index contributed by atoms with van der Waals surface area (Å²) in [5.74, 6) is 1.01. The minimum Gasteiger partial charge on any atom is -0.496 e. The highest BCUT2D eigenvalue weighted by atomic mass is 16.5. The summed E-state index contributed by atoms with van der Waals surface area (Å²) in [7, 11) is 5.48. The van der Waals surface area contributed by atoms with Gasteiger partial charge in [-0.25, -0.2) is 0 Å². The molecule has 3 nitrogen and oxygen atoms in total. The van der Waals surface area contributed by atoms with Gasteiger partial charge in [-0.05, 0) is 44.9 Å². The zero-order valence-electron chi connectivity index (χ0n) is 12.2. The third kappa shape index (κ3) is 3.47. The van der Waals surface area contributed by atoms with Gasteiger partial charge in [0.15, 0.2) is 0 Å². The van der Waals surface area contributed by atoms with Gasteiger partial charge in [0.1, 0.15) is 5.75 Å². The maximum atomic E-state index is 5.57. The molecule has 1 atom stereocenters. The number of rotatable bonds is 7. The van der Waals surface area contributed by atoms with E-state index in [2.05, 4.69) is 31.3 Å². The van der Waals surface area contributed by atoms with Gasteiger partial charge in [-0.15, -0.1) is 0 Å². The first-order chi connectivity index (χ1) is 8.65. The summed E-state index contributed by atoms with van der Waals surface area (Å²) in [6.07, 6.45) is 2.08. The first-order valence-corrected chi connectivity index (χ1v) is 6.46. The SMILES string of the molecule is CNC(CCCOC)c1ccc(C)c(C)c1OC. The quantitative estimate of drug-likeness (QED) is 0.756. The summed E-state index contributed by atoms with van der Waals surface area (Å²) in [6.45, 7) is 5.02. The summed E-state index contributed by atoms with van der Waals surface area (Å²) in [5.41, 5.74) is 3.73. The van der Waals surface area contributed by atoms with Crippen molar-refractivity contribution in [2.45, 2.75) is 32.7 Å². The van der Waals surface area contributed by atoms with Gasteiger partial charge < -0.3 is 14.8 Å². The molecule has 0 amide bonds. The molecule has 1 aromatic rings. The average Bonchev–Trinajstić information content (AvgIpc) is 2.38. The van der Waals surface area contributed by atoms with Crippen LogP contribution >= 0.6 is 0 Å². The van der Waals surface area contributed by atoms with Crippen LogP contribution in [0.4, 0.5) is 0 Å². The normalized spacial score (nSPS) is 12.5. The molecule has 0 fully saturated rings. The lowest BCUT2D eigenvalue weighted by molar-refractivity contribution is 0.189. The number of aryl methyl sites for hydroxylation is 1. The number of methoxy groups -OCH3 is 2. The Morgan fingerprint density at radius 3 is 2.50 bits per heavy atom. The Kier molecular flexibility index (Phi) is 6.16. The van der Waals surface area contributed by atoms with Crippen LogP contribution in [0.5, 0.6) is 5.75 Å². The molecule has 1 unspecified atom stereocenters. The van der Waals surface area contributed by atoms with E-state index in [-0.39, 0.29) is 0 Å². The molecule has 0 saturated heterocycles. The van der Waals surface area contributed by atoms with Gasteiger partial charge in [-0.3, -0.25) is 0 Å². The van der Waals surface area contributed by atoms with Gasteiger partial charge >= 0.3 is 0 Å². The molecule has 3 heteroatoms. The summed E-state index contributed by atoms with van der Waals surface area (Å²) in [4.78, 5) is 0. The second-order valence-electron chi connectivity index (χ2n) is 4.61. The van der Waals surface area contributed by atoms with E-state index in [1.54, 1.807) is 14.2 Å². The van der Waals surface area contributed by atoms with Crippen molar-refractivity contribution in [2.75, 3.05) is 27.9 Å². The molecular weight excluding hydrogens is 226 g/mol. The van der Waals surface area contributed by atoms with E-state index in [0.717, 1.165) is 25.2 Å². The molecule has 0 heterocycles. The van der Waals surface area contributed by atoms with Crippen molar-refractivity contribution < 1.29 is 9.47 Å². The van der Waals surface area contributed by atoms with Crippen LogP contribution in [0.15, 0.2) is 12.1 Å². The monoisotopic (exact) mass is 251 g/mol.